The van der Waals surface area contributed by atoms with Gasteiger partial charge < -0.3 is 5.32 Å². The molecule has 0 saturated heterocycles. The third-order valence-electron chi connectivity index (χ3n) is 2.23. The second kappa shape index (κ2) is 7.05. The number of carbonyl (C=O) groups is 1. The highest BCUT2D eigenvalue weighted by atomic mass is 33.1. The van der Waals surface area contributed by atoms with Crippen LogP contribution in [0.1, 0.15) is 48.5 Å². The lowest BCUT2D eigenvalue weighted by atomic mass is 9.98. The number of Topliss-reactive ketones (excluding diaryl/α,β-unsaturated/α-hetero) is 1. The Balaban J connectivity index is 3.85. The SMILES string of the molecule is CC(C)C(=O)C(C)(C)SSCCNC(C)(C)C. The molecule has 0 aliphatic rings. The second-order valence-electron chi connectivity index (χ2n) is 6.11. The minimum Gasteiger partial charge on any atom is -0.311 e. The van der Waals surface area contributed by atoms with E-state index in [1.165, 1.54) is 0 Å². The molecule has 0 saturated carbocycles. The summed E-state index contributed by atoms with van der Waals surface area (Å²) in [5, 5.41) is 3.44. The standard InChI is InChI=1S/C13H27NOS2/c1-10(2)11(15)13(6,7)17-16-9-8-14-12(3,4)5/h10,14H,8-9H2,1-7H3. The van der Waals surface area contributed by atoms with Crippen LogP contribution in [0.5, 0.6) is 0 Å². The molecule has 0 aromatic carbocycles. The van der Waals surface area contributed by atoms with Gasteiger partial charge in [-0.05, 0) is 34.6 Å². The van der Waals surface area contributed by atoms with Crippen molar-refractivity contribution in [2.75, 3.05) is 12.3 Å². The molecule has 0 spiro atoms. The molecule has 0 unspecified atom stereocenters. The van der Waals surface area contributed by atoms with Gasteiger partial charge in [-0.1, -0.05) is 35.4 Å². The van der Waals surface area contributed by atoms with E-state index in [-0.39, 0.29) is 16.2 Å². The lowest BCUT2D eigenvalue weighted by Crippen LogP contribution is -2.37. The molecule has 0 amide bonds. The van der Waals surface area contributed by atoms with Crippen LogP contribution in [0.25, 0.3) is 0 Å². The monoisotopic (exact) mass is 277 g/mol. The average Bonchev–Trinajstić information content (AvgIpc) is 2.13. The van der Waals surface area contributed by atoms with Crippen molar-refractivity contribution in [2.45, 2.75) is 58.8 Å². The molecule has 0 aliphatic carbocycles. The van der Waals surface area contributed by atoms with Crippen LogP contribution in [0, 0.1) is 5.92 Å². The Morgan fingerprint density at radius 3 is 2.12 bits per heavy atom. The molecule has 0 atom stereocenters. The van der Waals surface area contributed by atoms with Gasteiger partial charge in [0.1, 0.15) is 0 Å². The van der Waals surface area contributed by atoms with Crippen LogP contribution in [0.2, 0.25) is 0 Å². The Morgan fingerprint density at radius 2 is 1.71 bits per heavy atom. The average molecular weight is 277 g/mol. The molecule has 0 fully saturated rings. The first-order chi connectivity index (χ1) is 7.56. The van der Waals surface area contributed by atoms with Crippen molar-refractivity contribution in [2.24, 2.45) is 5.92 Å². The van der Waals surface area contributed by atoms with Crippen LogP contribution in [0.15, 0.2) is 0 Å². The fourth-order valence-corrected chi connectivity index (χ4v) is 3.90. The minimum atomic E-state index is -0.277. The lowest BCUT2D eigenvalue weighted by Gasteiger charge is -2.24. The topological polar surface area (TPSA) is 29.1 Å². The van der Waals surface area contributed by atoms with Crippen LogP contribution >= 0.6 is 21.6 Å². The molecule has 0 aliphatic heterocycles. The van der Waals surface area contributed by atoms with Crippen molar-refractivity contribution in [1.29, 1.82) is 0 Å². The number of nitrogens with one attached hydrogen (secondary N) is 1. The fraction of sp³-hybridized carbons (Fsp3) is 0.923. The molecular weight excluding hydrogens is 250 g/mol. The summed E-state index contributed by atoms with van der Waals surface area (Å²) in [6.45, 7) is 15.4. The van der Waals surface area contributed by atoms with Crippen molar-refractivity contribution in [3.8, 4) is 0 Å². The number of hydrogen-bond donors (Lipinski definition) is 1. The molecule has 4 heteroatoms. The predicted octanol–water partition coefficient (Wildman–Crippen LogP) is 3.76. The number of carbonyl (C=O) groups excluding carboxylic acids is 1. The highest BCUT2D eigenvalue weighted by Gasteiger charge is 2.30. The van der Waals surface area contributed by atoms with Gasteiger partial charge in [-0.2, -0.15) is 0 Å². The molecule has 102 valence electrons. The number of hydrogen-bond acceptors (Lipinski definition) is 4. The molecule has 1 N–H and O–H groups in total. The van der Waals surface area contributed by atoms with E-state index < -0.39 is 0 Å². The summed E-state index contributed by atoms with van der Waals surface area (Å²) in [6.07, 6.45) is 0. The van der Waals surface area contributed by atoms with E-state index in [1.807, 2.05) is 27.7 Å². The van der Waals surface area contributed by atoms with Gasteiger partial charge in [-0.3, -0.25) is 4.79 Å². The summed E-state index contributed by atoms with van der Waals surface area (Å²) < 4.78 is -0.277. The Labute approximate surface area is 114 Å². The van der Waals surface area contributed by atoms with Crippen LogP contribution < -0.4 is 5.32 Å². The molecule has 17 heavy (non-hydrogen) atoms. The van der Waals surface area contributed by atoms with Gasteiger partial charge in [-0.25, -0.2) is 0 Å². The zero-order valence-electron chi connectivity index (χ0n) is 12.2. The van der Waals surface area contributed by atoms with Crippen LogP contribution in [0.3, 0.4) is 0 Å². The largest absolute Gasteiger partial charge is 0.311 e. The molecule has 0 rings (SSSR count). The second-order valence-corrected chi connectivity index (χ2v) is 9.15. The van der Waals surface area contributed by atoms with Gasteiger partial charge in [-0.15, -0.1) is 0 Å². The van der Waals surface area contributed by atoms with Gasteiger partial charge in [0.15, 0.2) is 5.78 Å². The van der Waals surface area contributed by atoms with Crippen molar-refractivity contribution >= 4 is 27.4 Å². The van der Waals surface area contributed by atoms with Crippen LogP contribution in [0.4, 0.5) is 0 Å². The molecular formula is C13H27NOS2. The van der Waals surface area contributed by atoms with Gasteiger partial charge in [0.25, 0.3) is 0 Å². The van der Waals surface area contributed by atoms with Crippen molar-refractivity contribution < 1.29 is 4.79 Å². The lowest BCUT2D eigenvalue weighted by molar-refractivity contribution is -0.123. The maximum absolute atomic E-state index is 11.9. The van der Waals surface area contributed by atoms with E-state index in [0.717, 1.165) is 12.3 Å². The highest BCUT2D eigenvalue weighted by molar-refractivity contribution is 8.77. The Bertz CT molecular complexity index is 244. The molecule has 0 bridgehead atoms. The van der Waals surface area contributed by atoms with E-state index >= 15 is 0 Å². The zero-order chi connectivity index (χ0) is 13.7. The van der Waals surface area contributed by atoms with Crippen molar-refractivity contribution in [3.63, 3.8) is 0 Å². The summed E-state index contributed by atoms with van der Waals surface area (Å²) >= 11 is 0. The van der Waals surface area contributed by atoms with Crippen LogP contribution in [-0.2, 0) is 4.79 Å². The Hall–Kier alpha value is 0.330. The number of rotatable bonds is 7. The van der Waals surface area contributed by atoms with Crippen LogP contribution in [-0.4, -0.2) is 28.4 Å². The summed E-state index contributed by atoms with van der Waals surface area (Å²) in [4.78, 5) is 11.9. The summed E-state index contributed by atoms with van der Waals surface area (Å²) in [5.74, 6) is 1.47. The van der Waals surface area contributed by atoms with E-state index in [2.05, 4.69) is 26.1 Å². The third kappa shape index (κ3) is 8.11. The van der Waals surface area contributed by atoms with E-state index in [4.69, 9.17) is 0 Å². The summed E-state index contributed by atoms with van der Waals surface area (Å²) in [7, 11) is 3.47. The quantitative estimate of drug-likeness (QED) is 0.567. The number of ketones is 1. The molecule has 0 aromatic heterocycles. The minimum absolute atomic E-state index is 0.116. The van der Waals surface area contributed by atoms with Crippen molar-refractivity contribution in [3.05, 3.63) is 0 Å². The highest BCUT2D eigenvalue weighted by Crippen LogP contribution is 2.37. The Kier molecular flexibility index (Phi) is 7.19. The first-order valence-corrected chi connectivity index (χ1v) is 8.48. The first-order valence-electron chi connectivity index (χ1n) is 6.16. The van der Waals surface area contributed by atoms with E-state index in [0.29, 0.717) is 5.78 Å². The van der Waals surface area contributed by atoms with Crippen molar-refractivity contribution in [1.82, 2.24) is 5.32 Å². The summed E-state index contributed by atoms with van der Waals surface area (Å²) in [5.41, 5.74) is 0.175. The Morgan fingerprint density at radius 1 is 1.18 bits per heavy atom. The molecule has 0 aromatic rings. The molecule has 0 radical (unpaired) electrons. The summed E-state index contributed by atoms with van der Waals surface area (Å²) in [6, 6.07) is 0. The van der Waals surface area contributed by atoms with E-state index in [9.17, 15) is 4.79 Å². The molecule has 2 nitrogen and oxygen atoms in total. The third-order valence-corrected chi connectivity index (χ3v) is 5.44. The maximum atomic E-state index is 11.9. The predicted molar refractivity (Wildman–Crippen MR) is 81.7 cm³/mol. The normalized spacial score (nSPS) is 13.2. The maximum Gasteiger partial charge on any atom is 0.151 e. The van der Waals surface area contributed by atoms with Gasteiger partial charge in [0.2, 0.25) is 0 Å². The van der Waals surface area contributed by atoms with Gasteiger partial charge in [0, 0.05) is 23.8 Å². The van der Waals surface area contributed by atoms with Gasteiger partial charge >= 0.3 is 0 Å². The fourth-order valence-electron chi connectivity index (χ4n) is 1.39. The first kappa shape index (κ1) is 17.3. The van der Waals surface area contributed by atoms with Gasteiger partial charge in [0.05, 0.1) is 4.75 Å². The zero-order valence-corrected chi connectivity index (χ0v) is 13.8. The smallest absolute Gasteiger partial charge is 0.151 e. The molecule has 0 heterocycles. The van der Waals surface area contributed by atoms with E-state index in [1.54, 1.807) is 21.6 Å².